The molecule has 7 heteroatoms. The number of nitrogens with two attached hydrogens (primary N) is 1. The fraction of sp³-hybridized carbons (Fsp3) is 0. The van der Waals surface area contributed by atoms with Gasteiger partial charge in [-0.15, -0.1) is 0 Å². The number of carboxylic acids is 1. The molecule has 6 nitrogen and oxygen atoms in total. The van der Waals surface area contributed by atoms with Crippen LogP contribution in [-0.4, -0.2) is 11.9 Å². The minimum absolute atomic E-state index is 0. The number of amides is 1. The first kappa shape index (κ1) is 20.5. The number of primary amides is 1. The number of anilines is 4. The van der Waals surface area contributed by atoms with Gasteiger partial charge in [0.2, 0.25) is 5.91 Å². The third-order valence-corrected chi connectivity index (χ3v) is 3.75. The molecule has 130 valence electrons. The van der Waals surface area contributed by atoms with Crippen LogP contribution in [-0.2, 0) is 0 Å². The van der Waals surface area contributed by atoms with Crippen molar-refractivity contribution in [3.05, 3.63) is 83.9 Å². The maximum absolute atomic E-state index is 11.7. The standard InChI is InChI=1S/C20H17N3O3.Na/c21-19(24)15-11-17(22-13-7-3-1-4-8-13)18(12-16(15)20(25)26)23-14-9-5-2-6-10-14;/h1-12,22-23H,(H2,21,24)(H,25,26);/q;+1/p-1. The molecule has 0 radical (unpaired) electrons. The number of hydrogen-bond acceptors (Lipinski definition) is 5. The van der Waals surface area contributed by atoms with Crippen LogP contribution in [0, 0.1) is 0 Å². The Balaban J connectivity index is 0.00000261. The molecular weight excluding hydrogens is 353 g/mol. The van der Waals surface area contributed by atoms with E-state index in [0.717, 1.165) is 11.4 Å². The SMILES string of the molecule is NC(=O)c1cc(Nc2ccccc2)c(Nc2ccccc2)cc1C(=O)[O-].[Na+]. The third kappa shape index (κ3) is 5.10. The minimum Gasteiger partial charge on any atom is -0.545 e. The topological polar surface area (TPSA) is 107 Å². The molecule has 0 aromatic heterocycles. The first-order valence-electron chi connectivity index (χ1n) is 7.88. The van der Waals surface area contributed by atoms with Crippen molar-refractivity contribution < 1.29 is 44.3 Å². The van der Waals surface area contributed by atoms with Gasteiger partial charge in [0.05, 0.1) is 22.9 Å². The second kappa shape index (κ2) is 9.23. The zero-order valence-corrected chi connectivity index (χ0v) is 16.7. The first-order chi connectivity index (χ1) is 12.5. The van der Waals surface area contributed by atoms with Crippen LogP contribution < -0.4 is 51.0 Å². The normalized spacial score (nSPS) is 9.78. The largest absolute Gasteiger partial charge is 1.00 e. The summed E-state index contributed by atoms with van der Waals surface area (Å²) in [4.78, 5) is 23.1. The molecule has 0 saturated heterocycles. The van der Waals surface area contributed by atoms with Crippen LogP contribution >= 0.6 is 0 Å². The Labute approximate surface area is 178 Å². The van der Waals surface area contributed by atoms with Gasteiger partial charge in [-0.05, 0) is 36.4 Å². The molecule has 0 spiro atoms. The minimum atomic E-state index is -1.47. The number of carbonyl (C=O) groups excluding carboxylic acids is 2. The van der Waals surface area contributed by atoms with Gasteiger partial charge in [-0.2, -0.15) is 0 Å². The molecule has 0 aliphatic heterocycles. The molecule has 27 heavy (non-hydrogen) atoms. The van der Waals surface area contributed by atoms with Crippen molar-refractivity contribution in [3.8, 4) is 0 Å². The van der Waals surface area contributed by atoms with Crippen molar-refractivity contribution in [3.63, 3.8) is 0 Å². The van der Waals surface area contributed by atoms with Crippen molar-refractivity contribution in [1.29, 1.82) is 0 Å². The summed E-state index contributed by atoms with van der Waals surface area (Å²) >= 11 is 0. The van der Waals surface area contributed by atoms with Crippen LogP contribution in [0.1, 0.15) is 20.7 Å². The molecule has 3 rings (SSSR count). The summed E-state index contributed by atoms with van der Waals surface area (Å²) in [5.41, 5.74) is 7.48. The molecule has 0 saturated carbocycles. The van der Waals surface area contributed by atoms with Gasteiger partial charge < -0.3 is 26.3 Å². The molecule has 0 aliphatic rings. The molecule has 0 fully saturated rings. The number of carboxylic acid groups (broad SMARTS) is 1. The molecule has 0 unspecified atom stereocenters. The van der Waals surface area contributed by atoms with Crippen molar-refractivity contribution in [2.24, 2.45) is 5.73 Å². The summed E-state index contributed by atoms with van der Waals surface area (Å²) in [5.74, 6) is -2.31. The monoisotopic (exact) mass is 369 g/mol. The Kier molecular flexibility index (Phi) is 7.01. The number of carbonyl (C=O) groups is 2. The van der Waals surface area contributed by atoms with Crippen LogP contribution in [0.25, 0.3) is 0 Å². The molecule has 3 aromatic carbocycles. The average molecular weight is 369 g/mol. The number of aromatic carboxylic acids is 1. The quantitative estimate of drug-likeness (QED) is 0.515. The second-order valence-electron chi connectivity index (χ2n) is 5.58. The van der Waals surface area contributed by atoms with Gasteiger partial charge in [-0.3, -0.25) is 4.79 Å². The smallest absolute Gasteiger partial charge is 0.545 e. The van der Waals surface area contributed by atoms with E-state index in [9.17, 15) is 14.7 Å². The van der Waals surface area contributed by atoms with Gasteiger partial charge >= 0.3 is 29.6 Å². The van der Waals surface area contributed by atoms with Crippen LogP contribution in [0.5, 0.6) is 0 Å². The van der Waals surface area contributed by atoms with Gasteiger partial charge in [0.1, 0.15) is 0 Å². The second-order valence-corrected chi connectivity index (χ2v) is 5.58. The van der Waals surface area contributed by atoms with Gasteiger partial charge in [0.15, 0.2) is 0 Å². The Hall–Kier alpha value is -2.80. The molecule has 0 heterocycles. The first-order valence-corrected chi connectivity index (χ1v) is 7.88. The van der Waals surface area contributed by atoms with Crippen LogP contribution in [0.3, 0.4) is 0 Å². The van der Waals surface area contributed by atoms with E-state index < -0.39 is 11.9 Å². The Bertz CT molecular complexity index is 869. The Morgan fingerprint density at radius 2 is 1.15 bits per heavy atom. The molecule has 0 aliphatic carbocycles. The van der Waals surface area contributed by atoms with Gasteiger partial charge in [0.25, 0.3) is 0 Å². The van der Waals surface area contributed by atoms with Crippen molar-refractivity contribution in [1.82, 2.24) is 0 Å². The fourth-order valence-corrected chi connectivity index (χ4v) is 2.53. The van der Waals surface area contributed by atoms with Crippen LogP contribution in [0.2, 0.25) is 0 Å². The fourth-order valence-electron chi connectivity index (χ4n) is 2.53. The third-order valence-electron chi connectivity index (χ3n) is 3.75. The van der Waals surface area contributed by atoms with E-state index in [1.807, 2.05) is 60.7 Å². The van der Waals surface area contributed by atoms with E-state index in [1.165, 1.54) is 12.1 Å². The van der Waals surface area contributed by atoms with Gasteiger partial charge in [-0.25, -0.2) is 0 Å². The summed E-state index contributed by atoms with van der Waals surface area (Å²) in [7, 11) is 0. The number of para-hydroxylation sites is 2. The van der Waals surface area contributed by atoms with Crippen molar-refractivity contribution in [2.45, 2.75) is 0 Å². The van der Waals surface area contributed by atoms with E-state index in [2.05, 4.69) is 10.6 Å². The van der Waals surface area contributed by atoms with Crippen molar-refractivity contribution in [2.75, 3.05) is 10.6 Å². The van der Waals surface area contributed by atoms with Crippen LogP contribution in [0.4, 0.5) is 22.7 Å². The Morgan fingerprint density at radius 3 is 1.52 bits per heavy atom. The van der Waals surface area contributed by atoms with E-state index in [0.29, 0.717) is 11.4 Å². The number of benzene rings is 3. The van der Waals surface area contributed by atoms with E-state index in [4.69, 9.17) is 5.73 Å². The Morgan fingerprint density at radius 1 is 0.741 bits per heavy atom. The maximum Gasteiger partial charge on any atom is 1.00 e. The average Bonchev–Trinajstić information content (AvgIpc) is 2.64. The predicted octanol–water partition coefficient (Wildman–Crippen LogP) is -0.360. The predicted molar refractivity (Wildman–Crippen MR) is 98.7 cm³/mol. The molecular formula is C20H16N3NaO3. The van der Waals surface area contributed by atoms with Gasteiger partial charge in [-0.1, -0.05) is 36.4 Å². The van der Waals surface area contributed by atoms with Gasteiger partial charge in [0, 0.05) is 16.9 Å². The number of nitrogens with one attached hydrogen (secondary N) is 2. The molecule has 1 amide bonds. The zero-order valence-electron chi connectivity index (χ0n) is 14.7. The number of hydrogen-bond donors (Lipinski definition) is 3. The summed E-state index contributed by atoms with van der Waals surface area (Å²) in [6, 6.07) is 21.3. The van der Waals surface area contributed by atoms with Crippen LogP contribution in [0.15, 0.2) is 72.8 Å². The summed E-state index contributed by atoms with van der Waals surface area (Å²) < 4.78 is 0. The maximum atomic E-state index is 11.7. The molecule has 3 aromatic rings. The number of rotatable bonds is 6. The molecule has 0 atom stereocenters. The van der Waals surface area contributed by atoms with E-state index >= 15 is 0 Å². The molecule has 0 bridgehead atoms. The zero-order chi connectivity index (χ0) is 18.5. The summed E-state index contributed by atoms with van der Waals surface area (Å²) in [6.45, 7) is 0. The summed E-state index contributed by atoms with van der Waals surface area (Å²) in [5, 5.41) is 17.8. The van der Waals surface area contributed by atoms with E-state index in [1.54, 1.807) is 0 Å². The van der Waals surface area contributed by atoms with Crippen molar-refractivity contribution >= 4 is 34.6 Å². The molecule has 4 N–H and O–H groups in total. The van der Waals surface area contributed by atoms with E-state index in [-0.39, 0.29) is 40.7 Å². The summed E-state index contributed by atoms with van der Waals surface area (Å²) in [6.07, 6.45) is 0.